The third-order valence-electron chi connectivity index (χ3n) is 1.97. The van der Waals surface area contributed by atoms with Crippen LogP contribution >= 0.6 is 0 Å². The molecule has 0 aliphatic heterocycles. The molecule has 0 aliphatic carbocycles. The van der Waals surface area contributed by atoms with Gasteiger partial charge in [-0.2, -0.15) is 5.10 Å². The number of rotatable bonds is 2. The lowest BCUT2D eigenvalue weighted by molar-refractivity contribution is 0.100. The molecule has 0 radical (unpaired) electrons. The van der Waals surface area contributed by atoms with Crippen LogP contribution in [0.4, 0.5) is 0 Å². The first-order valence-electron chi connectivity index (χ1n) is 4.13. The number of amides is 1. The highest BCUT2D eigenvalue weighted by Crippen LogP contribution is 2.08. The summed E-state index contributed by atoms with van der Waals surface area (Å²) in [6, 6.07) is 1.68. The topological polar surface area (TPSA) is 65.8 Å². The van der Waals surface area contributed by atoms with Gasteiger partial charge in [-0.15, -0.1) is 0 Å². The monoisotopic (exact) mass is 190 g/mol. The van der Waals surface area contributed by atoms with Gasteiger partial charge in [-0.1, -0.05) is 0 Å². The molecule has 0 saturated carbocycles. The zero-order valence-corrected chi connectivity index (χ0v) is 7.71. The summed E-state index contributed by atoms with van der Waals surface area (Å²) in [5, 5.41) is 4.03. The van der Waals surface area contributed by atoms with Crippen molar-refractivity contribution in [2.45, 2.75) is 0 Å². The van der Waals surface area contributed by atoms with Crippen LogP contribution in [0.5, 0.6) is 0 Å². The van der Waals surface area contributed by atoms with Gasteiger partial charge in [0.1, 0.15) is 0 Å². The number of hydrogen-bond donors (Lipinski definition) is 1. The van der Waals surface area contributed by atoms with Crippen molar-refractivity contribution in [2.75, 3.05) is 0 Å². The van der Waals surface area contributed by atoms with Crippen LogP contribution in [0.1, 0.15) is 10.4 Å². The Morgan fingerprint density at radius 2 is 2.29 bits per heavy atom. The van der Waals surface area contributed by atoms with E-state index in [9.17, 15) is 4.79 Å². The molecule has 2 aromatic rings. The maximum Gasteiger partial charge on any atom is 0.250 e. The average molecular weight is 190 g/mol. The highest BCUT2D eigenvalue weighted by Gasteiger charge is 2.04. The standard InChI is InChI=1S/C9H10N4O/c1-12-6-8(4-11-12)13-3-2-7(5-13)9(10)14/h2-6H,1H3,(H2,10,14). The second-order valence-corrected chi connectivity index (χ2v) is 3.04. The number of carbonyl (C=O) groups is 1. The molecule has 0 fully saturated rings. The third-order valence-corrected chi connectivity index (χ3v) is 1.97. The fourth-order valence-electron chi connectivity index (χ4n) is 1.24. The fraction of sp³-hybridized carbons (Fsp3) is 0.111. The maximum absolute atomic E-state index is 10.8. The Balaban J connectivity index is 2.38. The Morgan fingerprint density at radius 1 is 1.50 bits per heavy atom. The molecular formula is C9H10N4O. The van der Waals surface area contributed by atoms with Crippen molar-refractivity contribution < 1.29 is 4.79 Å². The summed E-state index contributed by atoms with van der Waals surface area (Å²) in [5.74, 6) is -0.423. The van der Waals surface area contributed by atoms with E-state index in [0.29, 0.717) is 5.56 Å². The molecule has 0 aliphatic rings. The zero-order valence-electron chi connectivity index (χ0n) is 7.71. The molecule has 2 rings (SSSR count). The minimum absolute atomic E-state index is 0.423. The Bertz CT molecular complexity index is 469. The van der Waals surface area contributed by atoms with E-state index in [-0.39, 0.29) is 0 Å². The van der Waals surface area contributed by atoms with Gasteiger partial charge in [0.25, 0.3) is 0 Å². The van der Waals surface area contributed by atoms with Crippen LogP contribution in [0.15, 0.2) is 30.9 Å². The van der Waals surface area contributed by atoms with E-state index in [1.165, 1.54) is 0 Å². The van der Waals surface area contributed by atoms with Gasteiger partial charge < -0.3 is 10.3 Å². The van der Waals surface area contributed by atoms with Crippen LogP contribution in [0.25, 0.3) is 5.69 Å². The predicted octanol–water partition coefficient (Wildman–Crippen LogP) is 0.310. The van der Waals surface area contributed by atoms with Crippen molar-refractivity contribution in [3.8, 4) is 5.69 Å². The van der Waals surface area contributed by atoms with Crippen LogP contribution in [-0.2, 0) is 7.05 Å². The highest BCUT2D eigenvalue weighted by atomic mass is 16.1. The average Bonchev–Trinajstić information content (AvgIpc) is 2.70. The highest BCUT2D eigenvalue weighted by molar-refractivity contribution is 5.92. The Morgan fingerprint density at radius 3 is 2.79 bits per heavy atom. The van der Waals surface area contributed by atoms with Gasteiger partial charge in [0.15, 0.2) is 0 Å². The molecule has 5 nitrogen and oxygen atoms in total. The number of hydrogen-bond acceptors (Lipinski definition) is 2. The van der Waals surface area contributed by atoms with Crippen molar-refractivity contribution in [3.63, 3.8) is 0 Å². The first-order chi connectivity index (χ1) is 6.66. The molecule has 72 valence electrons. The third kappa shape index (κ3) is 1.39. The molecule has 2 aromatic heterocycles. The lowest BCUT2D eigenvalue weighted by atomic mass is 10.3. The summed E-state index contributed by atoms with van der Waals surface area (Å²) in [7, 11) is 1.84. The molecule has 5 heteroatoms. The SMILES string of the molecule is Cn1cc(-n2ccc(C(N)=O)c2)cn1. The largest absolute Gasteiger partial charge is 0.366 e. The van der Waals surface area contributed by atoms with Crippen molar-refractivity contribution in [1.82, 2.24) is 14.3 Å². The molecule has 2 heterocycles. The number of nitrogens with two attached hydrogens (primary N) is 1. The molecule has 1 amide bonds. The minimum Gasteiger partial charge on any atom is -0.366 e. The minimum atomic E-state index is -0.423. The van der Waals surface area contributed by atoms with E-state index in [1.54, 1.807) is 33.9 Å². The summed E-state index contributed by atoms with van der Waals surface area (Å²) in [4.78, 5) is 10.8. The normalized spacial score (nSPS) is 10.4. The molecule has 0 aromatic carbocycles. The van der Waals surface area contributed by atoms with Gasteiger partial charge in [0, 0.05) is 25.6 Å². The van der Waals surface area contributed by atoms with Gasteiger partial charge >= 0.3 is 0 Å². The molecule has 0 unspecified atom stereocenters. The van der Waals surface area contributed by atoms with Gasteiger partial charge in [0.05, 0.1) is 17.4 Å². The first kappa shape index (κ1) is 8.55. The number of nitrogens with zero attached hydrogens (tertiary/aromatic N) is 3. The van der Waals surface area contributed by atoms with Crippen LogP contribution in [-0.4, -0.2) is 20.3 Å². The Kier molecular flexibility index (Phi) is 1.85. The molecule has 0 bridgehead atoms. The number of primary amides is 1. The van der Waals surface area contributed by atoms with E-state index >= 15 is 0 Å². The quantitative estimate of drug-likeness (QED) is 0.740. The summed E-state index contributed by atoms with van der Waals surface area (Å²) in [5.41, 5.74) is 6.53. The maximum atomic E-state index is 10.8. The lowest BCUT2D eigenvalue weighted by Gasteiger charge is -1.94. The van der Waals surface area contributed by atoms with E-state index in [2.05, 4.69) is 5.10 Å². The van der Waals surface area contributed by atoms with E-state index in [1.807, 2.05) is 13.2 Å². The van der Waals surface area contributed by atoms with Gasteiger partial charge in [-0.05, 0) is 6.07 Å². The number of aromatic nitrogens is 3. The molecule has 14 heavy (non-hydrogen) atoms. The molecular weight excluding hydrogens is 180 g/mol. The van der Waals surface area contributed by atoms with Gasteiger partial charge in [0.2, 0.25) is 5.91 Å². The van der Waals surface area contributed by atoms with Crippen molar-refractivity contribution >= 4 is 5.91 Å². The lowest BCUT2D eigenvalue weighted by Crippen LogP contribution is -2.09. The van der Waals surface area contributed by atoms with Crippen LogP contribution < -0.4 is 5.73 Å². The smallest absolute Gasteiger partial charge is 0.250 e. The molecule has 0 saturated heterocycles. The molecule has 0 atom stereocenters. The predicted molar refractivity (Wildman–Crippen MR) is 51.1 cm³/mol. The van der Waals surface area contributed by atoms with Gasteiger partial charge in [-0.25, -0.2) is 0 Å². The van der Waals surface area contributed by atoms with E-state index < -0.39 is 5.91 Å². The summed E-state index contributed by atoms with van der Waals surface area (Å²) in [6.07, 6.45) is 7.02. The van der Waals surface area contributed by atoms with Crippen molar-refractivity contribution in [2.24, 2.45) is 12.8 Å². The fourth-order valence-corrected chi connectivity index (χ4v) is 1.24. The Hall–Kier alpha value is -2.04. The van der Waals surface area contributed by atoms with E-state index in [4.69, 9.17) is 5.73 Å². The number of carbonyl (C=O) groups excluding carboxylic acids is 1. The van der Waals surface area contributed by atoms with Crippen LogP contribution in [0, 0.1) is 0 Å². The second-order valence-electron chi connectivity index (χ2n) is 3.04. The molecule has 2 N–H and O–H groups in total. The zero-order chi connectivity index (χ0) is 10.1. The first-order valence-corrected chi connectivity index (χ1v) is 4.13. The van der Waals surface area contributed by atoms with Crippen LogP contribution in [0.2, 0.25) is 0 Å². The second kappa shape index (κ2) is 3.02. The van der Waals surface area contributed by atoms with E-state index in [0.717, 1.165) is 5.69 Å². The van der Waals surface area contributed by atoms with Crippen molar-refractivity contribution in [1.29, 1.82) is 0 Å². The molecule has 0 spiro atoms. The summed E-state index contributed by atoms with van der Waals surface area (Å²) >= 11 is 0. The van der Waals surface area contributed by atoms with Gasteiger partial charge in [-0.3, -0.25) is 9.48 Å². The number of aryl methyl sites for hydroxylation is 1. The summed E-state index contributed by atoms with van der Waals surface area (Å²) < 4.78 is 3.49. The summed E-state index contributed by atoms with van der Waals surface area (Å²) in [6.45, 7) is 0. The van der Waals surface area contributed by atoms with Crippen LogP contribution in [0.3, 0.4) is 0 Å². The van der Waals surface area contributed by atoms with Crippen molar-refractivity contribution in [3.05, 3.63) is 36.4 Å². The Labute approximate surface area is 80.7 Å².